The van der Waals surface area contributed by atoms with E-state index >= 15 is 0 Å². The fourth-order valence-electron chi connectivity index (χ4n) is 1.59. The molecule has 7 heteroatoms. The van der Waals surface area contributed by atoms with Gasteiger partial charge in [0.05, 0.1) is 39.6 Å². The average molecular weight is 305 g/mol. The topological polar surface area (TPSA) is 89.5 Å². The van der Waals surface area contributed by atoms with Gasteiger partial charge in [-0.25, -0.2) is 0 Å². The summed E-state index contributed by atoms with van der Waals surface area (Å²) in [7, 11) is 0. The molecule has 0 aromatic heterocycles. The van der Waals surface area contributed by atoms with Crippen molar-refractivity contribution in [3.63, 3.8) is 0 Å². The van der Waals surface area contributed by atoms with Crippen molar-refractivity contribution in [3.05, 3.63) is 0 Å². The molecule has 0 bridgehead atoms. The van der Waals surface area contributed by atoms with Crippen molar-refractivity contribution in [2.45, 2.75) is 26.7 Å². The minimum absolute atomic E-state index is 0.211. The van der Waals surface area contributed by atoms with Crippen molar-refractivity contribution < 1.29 is 19.4 Å². The molecule has 0 atom stereocenters. The van der Waals surface area contributed by atoms with Crippen LogP contribution in [-0.4, -0.2) is 75.2 Å². The first-order valence-electron chi connectivity index (χ1n) is 7.66. The Morgan fingerprint density at radius 1 is 1.00 bits per heavy atom. The first-order chi connectivity index (χ1) is 10.2. The van der Waals surface area contributed by atoms with Crippen LogP contribution in [0.4, 0.5) is 0 Å². The van der Waals surface area contributed by atoms with E-state index < -0.39 is 0 Å². The van der Waals surface area contributed by atoms with Crippen LogP contribution in [0.15, 0.2) is 5.16 Å². The smallest absolute Gasteiger partial charge is 0.153 e. The zero-order valence-electron chi connectivity index (χ0n) is 13.4. The molecule has 0 radical (unpaired) electrons. The monoisotopic (exact) mass is 305 g/mol. The molecule has 0 rings (SSSR count). The van der Waals surface area contributed by atoms with Gasteiger partial charge in [0.15, 0.2) is 5.84 Å². The molecule has 0 saturated carbocycles. The van der Waals surface area contributed by atoms with E-state index in [0.29, 0.717) is 39.6 Å². The maximum atomic E-state index is 8.52. The Labute approximate surface area is 128 Å². The zero-order chi connectivity index (χ0) is 15.8. The van der Waals surface area contributed by atoms with E-state index in [9.17, 15) is 0 Å². The standard InChI is InChI=1S/C14H31N3O4/c1-3-5-7-19-9-11-21-12-10-20-8-6-17(4-2)13-14(15)16-18/h18H,3-13H2,1-2H3,(H2,15,16). The predicted molar refractivity (Wildman–Crippen MR) is 82.9 cm³/mol. The molecule has 0 fully saturated rings. The van der Waals surface area contributed by atoms with Crippen LogP contribution in [-0.2, 0) is 14.2 Å². The highest BCUT2D eigenvalue weighted by Crippen LogP contribution is 1.90. The molecule has 0 aromatic rings. The van der Waals surface area contributed by atoms with Gasteiger partial charge in [-0.3, -0.25) is 4.90 Å². The Bertz CT molecular complexity index is 252. The van der Waals surface area contributed by atoms with Gasteiger partial charge in [0.2, 0.25) is 0 Å². The fraction of sp³-hybridized carbons (Fsp3) is 0.929. The maximum absolute atomic E-state index is 8.52. The third-order valence-corrected chi connectivity index (χ3v) is 2.90. The second-order valence-electron chi connectivity index (χ2n) is 4.65. The van der Waals surface area contributed by atoms with Crippen LogP contribution >= 0.6 is 0 Å². The quantitative estimate of drug-likeness (QED) is 0.154. The van der Waals surface area contributed by atoms with E-state index in [1.807, 2.05) is 11.8 Å². The van der Waals surface area contributed by atoms with Gasteiger partial charge in [0.1, 0.15) is 0 Å². The number of hydrogen-bond donors (Lipinski definition) is 2. The maximum Gasteiger partial charge on any atom is 0.153 e. The van der Waals surface area contributed by atoms with Gasteiger partial charge >= 0.3 is 0 Å². The number of rotatable bonds is 15. The molecule has 0 aromatic carbocycles. The van der Waals surface area contributed by atoms with Crippen LogP contribution in [0.3, 0.4) is 0 Å². The molecule has 0 amide bonds. The van der Waals surface area contributed by atoms with E-state index in [4.69, 9.17) is 25.2 Å². The zero-order valence-corrected chi connectivity index (χ0v) is 13.4. The van der Waals surface area contributed by atoms with Gasteiger partial charge in [0, 0.05) is 13.2 Å². The van der Waals surface area contributed by atoms with Crippen LogP contribution in [0, 0.1) is 0 Å². The number of oxime groups is 1. The summed E-state index contributed by atoms with van der Waals surface area (Å²) in [6.45, 7) is 9.97. The normalized spacial score (nSPS) is 12.2. The first kappa shape index (κ1) is 20.1. The van der Waals surface area contributed by atoms with Crippen molar-refractivity contribution in [1.82, 2.24) is 4.90 Å². The fourth-order valence-corrected chi connectivity index (χ4v) is 1.59. The summed E-state index contributed by atoms with van der Waals surface area (Å²) in [5.74, 6) is 0.211. The van der Waals surface area contributed by atoms with Gasteiger partial charge in [-0.15, -0.1) is 0 Å². The van der Waals surface area contributed by atoms with Crippen LogP contribution in [0.2, 0.25) is 0 Å². The molecular formula is C14H31N3O4. The van der Waals surface area contributed by atoms with Crippen LogP contribution in [0.5, 0.6) is 0 Å². The third-order valence-electron chi connectivity index (χ3n) is 2.90. The van der Waals surface area contributed by atoms with Crippen LogP contribution in [0.1, 0.15) is 26.7 Å². The van der Waals surface area contributed by atoms with E-state index in [2.05, 4.69) is 12.1 Å². The second kappa shape index (κ2) is 15.5. The number of hydrogen-bond acceptors (Lipinski definition) is 6. The molecule has 0 spiro atoms. The summed E-state index contributed by atoms with van der Waals surface area (Å²) < 4.78 is 16.2. The summed E-state index contributed by atoms with van der Waals surface area (Å²) in [4.78, 5) is 2.04. The number of likely N-dealkylation sites (N-methyl/N-ethyl adjacent to an activating group) is 1. The highest BCUT2D eigenvalue weighted by molar-refractivity contribution is 5.81. The molecule has 0 aliphatic rings. The lowest BCUT2D eigenvalue weighted by Crippen LogP contribution is -2.36. The summed E-state index contributed by atoms with van der Waals surface area (Å²) in [6, 6.07) is 0. The molecular weight excluding hydrogens is 274 g/mol. The largest absolute Gasteiger partial charge is 0.409 e. The van der Waals surface area contributed by atoms with Crippen molar-refractivity contribution in [3.8, 4) is 0 Å². The van der Waals surface area contributed by atoms with Crippen LogP contribution in [0.25, 0.3) is 0 Å². The van der Waals surface area contributed by atoms with Gasteiger partial charge < -0.3 is 25.2 Å². The summed E-state index contributed by atoms with van der Waals surface area (Å²) >= 11 is 0. The summed E-state index contributed by atoms with van der Waals surface area (Å²) in [6.07, 6.45) is 2.25. The highest BCUT2D eigenvalue weighted by atomic mass is 16.5. The van der Waals surface area contributed by atoms with Crippen molar-refractivity contribution in [1.29, 1.82) is 0 Å². The average Bonchev–Trinajstić information content (AvgIpc) is 2.51. The van der Waals surface area contributed by atoms with Crippen LogP contribution < -0.4 is 5.73 Å². The van der Waals surface area contributed by atoms with E-state index in [1.165, 1.54) is 0 Å². The number of unbranched alkanes of at least 4 members (excludes halogenated alkanes) is 1. The summed E-state index contributed by atoms with van der Waals surface area (Å²) in [5.41, 5.74) is 5.46. The molecule has 0 aliphatic carbocycles. The van der Waals surface area contributed by atoms with E-state index in [1.54, 1.807) is 0 Å². The second-order valence-corrected chi connectivity index (χ2v) is 4.65. The third kappa shape index (κ3) is 13.8. The Morgan fingerprint density at radius 3 is 2.10 bits per heavy atom. The SMILES string of the molecule is CCCCOCCOCCOCCN(CC)CC(N)=NO. The Morgan fingerprint density at radius 2 is 1.57 bits per heavy atom. The number of nitrogens with two attached hydrogens (primary N) is 1. The molecule has 7 nitrogen and oxygen atoms in total. The Kier molecular flexibility index (Phi) is 14.8. The van der Waals surface area contributed by atoms with Gasteiger partial charge in [-0.1, -0.05) is 25.4 Å². The lowest BCUT2D eigenvalue weighted by Gasteiger charge is -2.19. The molecule has 0 aliphatic heterocycles. The predicted octanol–water partition coefficient (Wildman–Crippen LogP) is 0.905. The van der Waals surface area contributed by atoms with Crippen molar-refractivity contribution >= 4 is 5.84 Å². The van der Waals surface area contributed by atoms with Gasteiger partial charge in [0.25, 0.3) is 0 Å². The van der Waals surface area contributed by atoms with E-state index in [0.717, 1.165) is 32.5 Å². The number of nitrogens with zero attached hydrogens (tertiary/aromatic N) is 2. The molecule has 21 heavy (non-hydrogen) atoms. The molecule has 0 unspecified atom stereocenters. The Balaban J connectivity index is 3.30. The molecule has 0 heterocycles. The molecule has 126 valence electrons. The summed E-state index contributed by atoms with van der Waals surface area (Å²) in [5, 5.41) is 11.5. The number of amidine groups is 1. The minimum Gasteiger partial charge on any atom is -0.409 e. The molecule has 0 saturated heterocycles. The van der Waals surface area contributed by atoms with Crippen molar-refractivity contribution in [2.24, 2.45) is 10.9 Å². The van der Waals surface area contributed by atoms with E-state index in [-0.39, 0.29) is 5.84 Å². The molecule has 3 N–H and O–H groups in total. The highest BCUT2D eigenvalue weighted by Gasteiger charge is 2.04. The minimum atomic E-state index is 0.211. The Hall–Kier alpha value is -0.890. The lowest BCUT2D eigenvalue weighted by atomic mass is 10.4. The van der Waals surface area contributed by atoms with Crippen molar-refractivity contribution in [2.75, 3.05) is 59.3 Å². The number of ether oxygens (including phenoxy) is 3. The van der Waals surface area contributed by atoms with Gasteiger partial charge in [-0.2, -0.15) is 0 Å². The van der Waals surface area contributed by atoms with Gasteiger partial charge in [-0.05, 0) is 13.0 Å². The first-order valence-corrected chi connectivity index (χ1v) is 7.66. The lowest BCUT2D eigenvalue weighted by molar-refractivity contribution is 0.0109.